The summed E-state index contributed by atoms with van der Waals surface area (Å²) < 4.78 is 0. The second kappa shape index (κ2) is 7.29. The molecule has 1 aliphatic heterocycles. The smallest absolute Gasteiger partial charge is 0.162 e. The average Bonchev–Trinajstić information content (AvgIpc) is 2.68. The Balaban J connectivity index is 1.52. The molecule has 5 nitrogen and oxygen atoms in total. The lowest BCUT2D eigenvalue weighted by Crippen LogP contribution is -2.31. The summed E-state index contributed by atoms with van der Waals surface area (Å²) in [7, 11) is 0. The molecule has 0 aliphatic carbocycles. The number of aromatic nitrogens is 4. The minimum atomic E-state index is 0.709. The zero-order valence-corrected chi connectivity index (χ0v) is 14.9. The van der Waals surface area contributed by atoms with E-state index in [0.29, 0.717) is 5.82 Å². The maximum atomic E-state index is 4.74. The number of nitrogens with zero attached hydrogens (tertiary/aromatic N) is 5. The Morgan fingerprint density at radius 2 is 1.96 bits per heavy atom. The first kappa shape index (κ1) is 16.2. The Morgan fingerprint density at radius 3 is 2.80 bits per heavy atom. The third-order valence-corrected chi connectivity index (χ3v) is 5.26. The summed E-state index contributed by atoms with van der Waals surface area (Å²) in [5, 5.41) is 0. The summed E-state index contributed by atoms with van der Waals surface area (Å²) in [4.78, 5) is 21.2. The largest absolute Gasteiger partial charge is 0.294 e. The Labute approximate surface area is 151 Å². The number of hydrogen-bond donors (Lipinski definition) is 0. The molecular weight excluding hydrogens is 330 g/mol. The number of benzene rings is 1. The van der Waals surface area contributed by atoms with E-state index in [9.17, 15) is 0 Å². The number of hydrogen-bond acceptors (Lipinski definition) is 6. The quantitative estimate of drug-likeness (QED) is 0.674. The third-order valence-electron chi connectivity index (χ3n) is 4.42. The molecule has 1 aliphatic rings. The summed E-state index contributed by atoms with van der Waals surface area (Å²) in [5.41, 5.74) is 4.61. The van der Waals surface area contributed by atoms with Gasteiger partial charge in [0.05, 0.1) is 11.3 Å². The van der Waals surface area contributed by atoms with Gasteiger partial charge in [-0.2, -0.15) is 0 Å². The maximum absolute atomic E-state index is 4.74. The monoisotopic (exact) mass is 349 g/mol. The van der Waals surface area contributed by atoms with Crippen LogP contribution in [0.25, 0.3) is 11.4 Å². The van der Waals surface area contributed by atoms with Crippen molar-refractivity contribution in [2.24, 2.45) is 0 Å². The molecule has 0 atom stereocenters. The van der Waals surface area contributed by atoms with Crippen LogP contribution in [0.2, 0.25) is 0 Å². The van der Waals surface area contributed by atoms with E-state index >= 15 is 0 Å². The van der Waals surface area contributed by atoms with Gasteiger partial charge >= 0.3 is 0 Å². The van der Waals surface area contributed by atoms with E-state index in [4.69, 9.17) is 4.98 Å². The number of fused-ring (bicyclic) bond motifs is 1. The van der Waals surface area contributed by atoms with Crippen molar-refractivity contribution in [3.63, 3.8) is 0 Å². The average molecular weight is 349 g/mol. The molecule has 126 valence electrons. The van der Waals surface area contributed by atoms with Crippen LogP contribution in [-0.2, 0) is 19.5 Å². The van der Waals surface area contributed by atoms with Crippen molar-refractivity contribution in [2.45, 2.75) is 24.4 Å². The molecular formula is C19H19N5S. The van der Waals surface area contributed by atoms with Gasteiger partial charge in [0, 0.05) is 55.1 Å². The molecule has 3 heterocycles. The van der Waals surface area contributed by atoms with E-state index in [1.807, 2.05) is 6.20 Å². The lowest BCUT2D eigenvalue weighted by Gasteiger charge is -2.28. The minimum absolute atomic E-state index is 0.709. The molecule has 0 saturated carbocycles. The van der Waals surface area contributed by atoms with Crippen LogP contribution in [0.5, 0.6) is 0 Å². The van der Waals surface area contributed by atoms with E-state index in [0.717, 1.165) is 37.3 Å². The second-order valence-electron chi connectivity index (χ2n) is 6.07. The molecule has 25 heavy (non-hydrogen) atoms. The summed E-state index contributed by atoms with van der Waals surface area (Å²) in [6.07, 6.45) is 10.1. The highest BCUT2D eigenvalue weighted by Crippen LogP contribution is 2.25. The van der Waals surface area contributed by atoms with Crippen LogP contribution in [0, 0.1) is 0 Å². The topological polar surface area (TPSA) is 54.8 Å². The van der Waals surface area contributed by atoms with Gasteiger partial charge < -0.3 is 0 Å². The molecule has 4 rings (SSSR count). The van der Waals surface area contributed by atoms with Gasteiger partial charge in [-0.25, -0.2) is 19.9 Å². The molecule has 3 aromatic rings. The van der Waals surface area contributed by atoms with Crippen molar-refractivity contribution < 1.29 is 0 Å². The zero-order valence-electron chi connectivity index (χ0n) is 14.1. The van der Waals surface area contributed by atoms with E-state index in [2.05, 4.69) is 50.4 Å². The molecule has 0 radical (unpaired) electrons. The van der Waals surface area contributed by atoms with Crippen molar-refractivity contribution in [1.29, 1.82) is 0 Å². The first-order valence-corrected chi connectivity index (χ1v) is 9.50. The van der Waals surface area contributed by atoms with Crippen molar-refractivity contribution in [3.8, 4) is 11.4 Å². The summed E-state index contributed by atoms with van der Waals surface area (Å²) in [6, 6.07) is 8.62. The van der Waals surface area contributed by atoms with Crippen LogP contribution in [0.1, 0.15) is 16.8 Å². The lowest BCUT2D eigenvalue weighted by atomic mass is 10.1. The fourth-order valence-electron chi connectivity index (χ4n) is 3.14. The van der Waals surface area contributed by atoms with Gasteiger partial charge in [-0.05, 0) is 17.9 Å². The van der Waals surface area contributed by atoms with E-state index in [1.165, 1.54) is 22.3 Å². The molecule has 2 aromatic heterocycles. The normalized spacial score (nSPS) is 14.3. The van der Waals surface area contributed by atoms with Gasteiger partial charge in [0.2, 0.25) is 0 Å². The SMILES string of the molecule is CSc1ccccc1CN1CCc2nc(-c3cncnc3)ncc2C1. The fraction of sp³-hybridized carbons (Fsp3) is 0.263. The zero-order chi connectivity index (χ0) is 17.1. The first-order valence-electron chi connectivity index (χ1n) is 8.28. The van der Waals surface area contributed by atoms with Crippen LogP contribution < -0.4 is 0 Å². The van der Waals surface area contributed by atoms with E-state index in [-0.39, 0.29) is 0 Å². The predicted octanol–water partition coefficient (Wildman–Crippen LogP) is 3.21. The highest BCUT2D eigenvalue weighted by Gasteiger charge is 2.19. The molecule has 0 fully saturated rings. The molecule has 0 amide bonds. The van der Waals surface area contributed by atoms with Crippen LogP contribution >= 0.6 is 11.8 Å². The molecule has 0 unspecified atom stereocenters. The fourth-order valence-corrected chi connectivity index (χ4v) is 3.75. The Bertz CT molecular complexity index is 869. The van der Waals surface area contributed by atoms with Crippen LogP contribution in [-0.4, -0.2) is 37.6 Å². The summed E-state index contributed by atoms with van der Waals surface area (Å²) in [6.45, 7) is 2.87. The second-order valence-corrected chi connectivity index (χ2v) is 6.91. The summed E-state index contributed by atoms with van der Waals surface area (Å²) in [5.74, 6) is 0.709. The van der Waals surface area contributed by atoms with E-state index < -0.39 is 0 Å². The standard InChI is InChI=1S/C19H19N5S/c1-25-18-5-3-2-4-14(18)11-24-7-6-17-16(12-24)10-22-19(23-17)15-8-20-13-21-9-15/h2-5,8-10,13H,6-7,11-12H2,1H3. The van der Waals surface area contributed by atoms with Gasteiger partial charge in [0.15, 0.2) is 5.82 Å². The molecule has 0 N–H and O–H groups in total. The maximum Gasteiger partial charge on any atom is 0.162 e. The van der Waals surface area contributed by atoms with Gasteiger partial charge in [-0.3, -0.25) is 4.90 Å². The molecule has 1 aromatic carbocycles. The predicted molar refractivity (Wildman–Crippen MR) is 99.1 cm³/mol. The van der Waals surface area contributed by atoms with Gasteiger partial charge in [0.25, 0.3) is 0 Å². The Kier molecular flexibility index (Phi) is 4.72. The van der Waals surface area contributed by atoms with Gasteiger partial charge in [0.1, 0.15) is 6.33 Å². The lowest BCUT2D eigenvalue weighted by molar-refractivity contribution is 0.241. The van der Waals surface area contributed by atoms with Crippen molar-refractivity contribution in [1.82, 2.24) is 24.8 Å². The third kappa shape index (κ3) is 3.55. The van der Waals surface area contributed by atoms with E-state index in [1.54, 1.807) is 24.2 Å². The minimum Gasteiger partial charge on any atom is -0.294 e. The van der Waals surface area contributed by atoms with Crippen LogP contribution in [0.15, 0.2) is 54.1 Å². The highest BCUT2D eigenvalue weighted by molar-refractivity contribution is 7.98. The Morgan fingerprint density at radius 1 is 1.12 bits per heavy atom. The number of thioether (sulfide) groups is 1. The Hall–Kier alpha value is -2.31. The van der Waals surface area contributed by atoms with Gasteiger partial charge in [-0.1, -0.05) is 18.2 Å². The molecule has 6 heteroatoms. The molecule has 0 spiro atoms. The van der Waals surface area contributed by atoms with Crippen molar-refractivity contribution >= 4 is 11.8 Å². The number of rotatable bonds is 4. The summed E-state index contributed by atoms with van der Waals surface area (Å²) >= 11 is 1.81. The van der Waals surface area contributed by atoms with Crippen LogP contribution in [0.4, 0.5) is 0 Å². The highest BCUT2D eigenvalue weighted by atomic mass is 32.2. The first-order chi connectivity index (χ1) is 12.3. The van der Waals surface area contributed by atoms with Crippen LogP contribution in [0.3, 0.4) is 0 Å². The van der Waals surface area contributed by atoms with Crippen molar-refractivity contribution in [2.75, 3.05) is 12.8 Å². The van der Waals surface area contributed by atoms with Gasteiger partial charge in [-0.15, -0.1) is 11.8 Å². The molecule has 0 saturated heterocycles. The molecule has 0 bridgehead atoms. The van der Waals surface area contributed by atoms with Crippen molar-refractivity contribution in [3.05, 3.63) is 66.0 Å².